The molecule has 0 bridgehead atoms. The standard InChI is InChI=1S/C16H20N2O2S2/c1-3-20-13-8-6-12(7-9-13)15(19)18-16-17-11(2)14(22-16)5-4-10-21/h6-9,21H,3-5,10H2,1-2H3,(H,17,18,19). The first-order chi connectivity index (χ1) is 10.6. The third kappa shape index (κ3) is 4.48. The van der Waals surface area contributed by atoms with E-state index < -0.39 is 0 Å². The van der Waals surface area contributed by atoms with Crippen molar-refractivity contribution in [1.82, 2.24) is 4.98 Å². The highest BCUT2D eigenvalue weighted by molar-refractivity contribution is 7.80. The van der Waals surface area contributed by atoms with Gasteiger partial charge in [0.25, 0.3) is 5.91 Å². The Bertz CT molecular complexity index is 624. The summed E-state index contributed by atoms with van der Waals surface area (Å²) in [6.45, 7) is 4.51. The molecule has 0 aliphatic rings. The Balaban J connectivity index is 2.02. The minimum atomic E-state index is -0.155. The van der Waals surface area contributed by atoms with E-state index in [0.29, 0.717) is 17.3 Å². The van der Waals surface area contributed by atoms with Gasteiger partial charge in [-0.1, -0.05) is 0 Å². The summed E-state index contributed by atoms with van der Waals surface area (Å²) in [5, 5.41) is 3.50. The summed E-state index contributed by atoms with van der Waals surface area (Å²) < 4.78 is 5.37. The molecule has 0 aliphatic heterocycles. The lowest BCUT2D eigenvalue weighted by Crippen LogP contribution is -2.11. The van der Waals surface area contributed by atoms with E-state index in [-0.39, 0.29) is 5.91 Å². The molecule has 22 heavy (non-hydrogen) atoms. The second-order valence-corrected chi connectivity index (χ2v) is 6.30. The van der Waals surface area contributed by atoms with Gasteiger partial charge in [0.2, 0.25) is 0 Å². The van der Waals surface area contributed by atoms with Crippen molar-refractivity contribution in [2.24, 2.45) is 0 Å². The topological polar surface area (TPSA) is 51.2 Å². The predicted molar refractivity (Wildman–Crippen MR) is 94.6 cm³/mol. The van der Waals surface area contributed by atoms with Gasteiger partial charge in [0, 0.05) is 10.4 Å². The van der Waals surface area contributed by atoms with E-state index in [4.69, 9.17) is 4.74 Å². The molecule has 0 saturated heterocycles. The number of aryl methyl sites for hydroxylation is 2. The van der Waals surface area contributed by atoms with Crippen LogP contribution in [0.4, 0.5) is 5.13 Å². The third-order valence-corrected chi connectivity index (χ3v) is 4.55. The average molecular weight is 336 g/mol. The molecule has 0 atom stereocenters. The Hall–Kier alpha value is -1.53. The van der Waals surface area contributed by atoms with Gasteiger partial charge in [-0.25, -0.2) is 4.98 Å². The Morgan fingerprint density at radius 1 is 1.36 bits per heavy atom. The first-order valence-electron chi connectivity index (χ1n) is 7.25. The van der Waals surface area contributed by atoms with Gasteiger partial charge in [0.1, 0.15) is 5.75 Å². The van der Waals surface area contributed by atoms with Crippen LogP contribution in [0.3, 0.4) is 0 Å². The molecule has 6 heteroatoms. The quantitative estimate of drug-likeness (QED) is 0.752. The Kier molecular flexibility index (Phi) is 6.27. The smallest absolute Gasteiger partial charge is 0.257 e. The van der Waals surface area contributed by atoms with Gasteiger partial charge in [0.15, 0.2) is 5.13 Å². The maximum Gasteiger partial charge on any atom is 0.257 e. The monoisotopic (exact) mass is 336 g/mol. The van der Waals surface area contributed by atoms with Gasteiger partial charge in [-0.2, -0.15) is 12.6 Å². The third-order valence-electron chi connectivity index (χ3n) is 3.10. The van der Waals surface area contributed by atoms with Crippen molar-refractivity contribution >= 4 is 35.0 Å². The van der Waals surface area contributed by atoms with Crippen LogP contribution in [0, 0.1) is 6.92 Å². The fraction of sp³-hybridized carbons (Fsp3) is 0.375. The molecule has 4 nitrogen and oxygen atoms in total. The van der Waals surface area contributed by atoms with Crippen LogP contribution < -0.4 is 10.1 Å². The second kappa shape index (κ2) is 8.19. The molecule has 2 rings (SSSR count). The molecule has 0 unspecified atom stereocenters. The van der Waals surface area contributed by atoms with E-state index in [0.717, 1.165) is 30.0 Å². The maximum absolute atomic E-state index is 12.2. The Morgan fingerprint density at radius 3 is 2.73 bits per heavy atom. The maximum atomic E-state index is 12.2. The lowest BCUT2D eigenvalue weighted by Gasteiger charge is -2.04. The summed E-state index contributed by atoms with van der Waals surface area (Å²) in [6.07, 6.45) is 1.96. The number of ether oxygens (including phenoxy) is 1. The molecule has 1 heterocycles. The Labute approximate surface area is 140 Å². The van der Waals surface area contributed by atoms with Crippen LogP contribution in [0.2, 0.25) is 0 Å². The molecule has 0 radical (unpaired) electrons. The zero-order valence-corrected chi connectivity index (χ0v) is 14.5. The number of nitrogens with zero attached hydrogens (tertiary/aromatic N) is 1. The molecule has 0 aliphatic carbocycles. The first kappa shape index (κ1) is 16.8. The summed E-state index contributed by atoms with van der Waals surface area (Å²) in [5.41, 5.74) is 1.57. The molecule has 0 saturated carbocycles. The van der Waals surface area contributed by atoms with E-state index >= 15 is 0 Å². The second-order valence-electron chi connectivity index (χ2n) is 4.77. The largest absolute Gasteiger partial charge is 0.494 e. The number of hydrogen-bond acceptors (Lipinski definition) is 5. The number of anilines is 1. The number of benzene rings is 1. The zero-order valence-electron chi connectivity index (χ0n) is 12.8. The van der Waals surface area contributed by atoms with Gasteiger partial charge < -0.3 is 4.74 Å². The van der Waals surface area contributed by atoms with E-state index in [1.807, 2.05) is 13.8 Å². The van der Waals surface area contributed by atoms with Crippen LogP contribution in [0.25, 0.3) is 0 Å². The number of carbonyl (C=O) groups excluding carboxylic acids is 1. The summed E-state index contributed by atoms with van der Waals surface area (Å²) in [6, 6.07) is 7.10. The fourth-order valence-electron chi connectivity index (χ4n) is 1.99. The number of nitrogens with one attached hydrogen (secondary N) is 1. The minimum Gasteiger partial charge on any atom is -0.494 e. The van der Waals surface area contributed by atoms with E-state index in [2.05, 4.69) is 22.9 Å². The molecular weight excluding hydrogens is 316 g/mol. The van der Waals surface area contributed by atoms with Crippen LogP contribution in [0.5, 0.6) is 5.75 Å². The van der Waals surface area contributed by atoms with E-state index in [1.54, 1.807) is 24.3 Å². The molecule has 1 aromatic carbocycles. The van der Waals surface area contributed by atoms with Crippen LogP contribution in [0.1, 0.15) is 34.3 Å². The molecule has 1 N–H and O–H groups in total. The van der Waals surface area contributed by atoms with Crippen LogP contribution in [0.15, 0.2) is 24.3 Å². The molecule has 0 fully saturated rings. The van der Waals surface area contributed by atoms with Crippen LogP contribution >= 0.6 is 24.0 Å². The molecule has 1 amide bonds. The highest BCUT2D eigenvalue weighted by Crippen LogP contribution is 2.24. The molecule has 0 spiro atoms. The first-order valence-corrected chi connectivity index (χ1v) is 8.70. The fourth-order valence-corrected chi connectivity index (χ4v) is 3.15. The normalized spacial score (nSPS) is 10.5. The molecule has 118 valence electrons. The summed E-state index contributed by atoms with van der Waals surface area (Å²) in [4.78, 5) is 17.8. The number of aromatic nitrogens is 1. The van der Waals surface area contributed by atoms with Crippen molar-refractivity contribution in [3.63, 3.8) is 0 Å². The lowest BCUT2D eigenvalue weighted by atomic mass is 10.2. The molecule has 1 aromatic heterocycles. The van der Waals surface area contributed by atoms with Gasteiger partial charge in [-0.05, 0) is 56.7 Å². The minimum absolute atomic E-state index is 0.155. The van der Waals surface area contributed by atoms with Crippen LogP contribution in [-0.2, 0) is 6.42 Å². The van der Waals surface area contributed by atoms with Gasteiger partial charge in [0.05, 0.1) is 12.3 Å². The van der Waals surface area contributed by atoms with Crippen molar-refractivity contribution in [1.29, 1.82) is 0 Å². The number of hydrogen-bond donors (Lipinski definition) is 2. The predicted octanol–water partition coefficient (Wildman–Crippen LogP) is 3.96. The number of thiazole rings is 1. The number of carbonyl (C=O) groups is 1. The van der Waals surface area contributed by atoms with Gasteiger partial charge in [-0.3, -0.25) is 10.1 Å². The van der Waals surface area contributed by atoms with E-state index in [9.17, 15) is 4.79 Å². The van der Waals surface area contributed by atoms with E-state index in [1.165, 1.54) is 16.2 Å². The van der Waals surface area contributed by atoms with Crippen molar-refractivity contribution in [2.45, 2.75) is 26.7 Å². The summed E-state index contributed by atoms with van der Waals surface area (Å²) in [5.74, 6) is 1.46. The Morgan fingerprint density at radius 2 is 2.09 bits per heavy atom. The van der Waals surface area contributed by atoms with Crippen molar-refractivity contribution in [3.05, 3.63) is 40.4 Å². The van der Waals surface area contributed by atoms with Crippen molar-refractivity contribution < 1.29 is 9.53 Å². The lowest BCUT2D eigenvalue weighted by molar-refractivity contribution is 0.102. The SMILES string of the molecule is CCOc1ccc(C(=O)Nc2nc(C)c(CCCS)s2)cc1. The highest BCUT2D eigenvalue weighted by Gasteiger charge is 2.11. The van der Waals surface area contributed by atoms with Crippen LogP contribution in [-0.4, -0.2) is 23.3 Å². The summed E-state index contributed by atoms with van der Waals surface area (Å²) >= 11 is 5.75. The number of thiol groups is 1. The van der Waals surface area contributed by atoms with Crippen molar-refractivity contribution in [2.75, 3.05) is 17.7 Å². The molecule has 2 aromatic rings. The number of amides is 1. The highest BCUT2D eigenvalue weighted by atomic mass is 32.1. The zero-order chi connectivity index (χ0) is 15.9. The number of rotatable bonds is 7. The van der Waals surface area contributed by atoms with Gasteiger partial charge >= 0.3 is 0 Å². The molecular formula is C16H20N2O2S2. The van der Waals surface area contributed by atoms with Gasteiger partial charge in [-0.15, -0.1) is 11.3 Å². The van der Waals surface area contributed by atoms with Crippen molar-refractivity contribution in [3.8, 4) is 5.75 Å². The average Bonchev–Trinajstić information content (AvgIpc) is 2.86. The summed E-state index contributed by atoms with van der Waals surface area (Å²) in [7, 11) is 0.